The smallest absolute Gasteiger partial charge is 0.213 e. The largest absolute Gasteiger partial charge is 0.481 e. The van der Waals surface area contributed by atoms with E-state index in [1.807, 2.05) is 6.07 Å². The summed E-state index contributed by atoms with van der Waals surface area (Å²) in [6, 6.07) is 5.34. The van der Waals surface area contributed by atoms with Crippen LogP contribution in [0.3, 0.4) is 0 Å². The summed E-state index contributed by atoms with van der Waals surface area (Å²) in [5, 5.41) is 10.4. The molecule has 0 amide bonds. The molecule has 5 heteroatoms. The second kappa shape index (κ2) is 5.00. The molecule has 2 heterocycles. The third-order valence-corrected chi connectivity index (χ3v) is 3.35. The predicted molar refractivity (Wildman–Crippen MR) is 62.7 cm³/mol. The Kier molecular flexibility index (Phi) is 3.61. The molecule has 0 bridgehead atoms. The van der Waals surface area contributed by atoms with Gasteiger partial charge in [0, 0.05) is 24.6 Å². The number of nitrogens with two attached hydrogens (primary N) is 1. The van der Waals surface area contributed by atoms with Crippen LogP contribution < -0.4 is 10.5 Å². The van der Waals surface area contributed by atoms with Gasteiger partial charge in [0.05, 0.1) is 19.4 Å². The molecular weight excluding hydrogens is 220 g/mol. The molecule has 0 radical (unpaired) electrons. The standard InChI is InChI=1S/C12H18N2O3/c1-16-10-4-2-3-9(14-10)11(15)12(7-13)5-6-17-8-12/h2-4,11,15H,5-8,13H2,1H3. The zero-order chi connectivity index (χ0) is 12.3. The van der Waals surface area contributed by atoms with Crippen molar-refractivity contribution in [3.05, 3.63) is 23.9 Å². The van der Waals surface area contributed by atoms with Gasteiger partial charge in [-0.25, -0.2) is 4.98 Å². The summed E-state index contributed by atoms with van der Waals surface area (Å²) in [6.07, 6.45) is 0.0360. The van der Waals surface area contributed by atoms with Crippen LogP contribution >= 0.6 is 0 Å². The molecule has 1 aliphatic heterocycles. The molecule has 0 aromatic carbocycles. The molecule has 5 nitrogen and oxygen atoms in total. The van der Waals surface area contributed by atoms with Crippen LogP contribution in [-0.4, -0.2) is 37.0 Å². The number of pyridine rings is 1. The molecule has 1 aliphatic rings. The van der Waals surface area contributed by atoms with E-state index in [0.717, 1.165) is 6.42 Å². The third kappa shape index (κ3) is 2.26. The van der Waals surface area contributed by atoms with Crippen LogP contribution in [0.4, 0.5) is 0 Å². The van der Waals surface area contributed by atoms with E-state index in [2.05, 4.69) is 4.98 Å². The van der Waals surface area contributed by atoms with E-state index in [0.29, 0.717) is 31.3 Å². The maximum absolute atomic E-state index is 10.4. The molecule has 94 valence electrons. The van der Waals surface area contributed by atoms with E-state index in [4.69, 9.17) is 15.2 Å². The fraction of sp³-hybridized carbons (Fsp3) is 0.583. The van der Waals surface area contributed by atoms with Crippen molar-refractivity contribution >= 4 is 0 Å². The Morgan fingerprint density at radius 1 is 1.65 bits per heavy atom. The second-order valence-corrected chi connectivity index (χ2v) is 4.38. The first-order chi connectivity index (χ1) is 8.22. The van der Waals surface area contributed by atoms with Gasteiger partial charge in [-0.3, -0.25) is 0 Å². The van der Waals surface area contributed by atoms with Gasteiger partial charge in [-0.2, -0.15) is 0 Å². The minimum atomic E-state index is -0.718. The van der Waals surface area contributed by atoms with Gasteiger partial charge in [-0.1, -0.05) is 6.07 Å². The fourth-order valence-corrected chi connectivity index (χ4v) is 2.12. The third-order valence-electron chi connectivity index (χ3n) is 3.35. The number of aliphatic hydroxyl groups excluding tert-OH is 1. The van der Waals surface area contributed by atoms with E-state index in [9.17, 15) is 5.11 Å². The second-order valence-electron chi connectivity index (χ2n) is 4.38. The fourth-order valence-electron chi connectivity index (χ4n) is 2.12. The number of rotatable bonds is 4. The van der Waals surface area contributed by atoms with Crippen LogP contribution in [0.1, 0.15) is 18.2 Å². The van der Waals surface area contributed by atoms with Crippen LogP contribution in [-0.2, 0) is 4.74 Å². The van der Waals surface area contributed by atoms with E-state index in [1.165, 1.54) is 0 Å². The van der Waals surface area contributed by atoms with Gasteiger partial charge in [-0.05, 0) is 12.5 Å². The zero-order valence-electron chi connectivity index (χ0n) is 9.93. The molecule has 17 heavy (non-hydrogen) atoms. The molecular formula is C12H18N2O3. The molecule has 0 spiro atoms. The highest BCUT2D eigenvalue weighted by molar-refractivity contribution is 5.19. The lowest BCUT2D eigenvalue weighted by molar-refractivity contribution is 0.0159. The summed E-state index contributed by atoms with van der Waals surface area (Å²) in [4.78, 5) is 4.25. The molecule has 2 atom stereocenters. The number of nitrogens with zero attached hydrogens (tertiary/aromatic N) is 1. The number of hydrogen-bond acceptors (Lipinski definition) is 5. The number of aliphatic hydroxyl groups is 1. The van der Waals surface area contributed by atoms with Crippen LogP contribution in [0.5, 0.6) is 5.88 Å². The van der Waals surface area contributed by atoms with Crippen LogP contribution in [0.2, 0.25) is 0 Å². The van der Waals surface area contributed by atoms with E-state index < -0.39 is 11.5 Å². The SMILES string of the molecule is COc1cccc(C(O)C2(CN)CCOC2)n1. The van der Waals surface area contributed by atoms with Crippen molar-refractivity contribution in [1.82, 2.24) is 4.98 Å². The molecule has 1 aromatic rings. The Hall–Kier alpha value is -1.17. The van der Waals surface area contributed by atoms with Gasteiger partial charge in [-0.15, -0.1) is 0 Å². The van der Waals surface area contributed by atoms with Crippen molar-refractivity contribution < 1.29 is 14.6 Å². The Morgan fingerprint density at radius 3 is 3.06 bits per heavy atom. The van der Waals surface area contributed by atoms with Gasteiger partial charge in [0.25, 0.3) is 0 Å². The van der Waals surface area contributed by atoms with E-state index in [-0.39, 0.29) is 0 Å². The monoisotopic (exact) mass is 238 g/mol. The Labute approximate surface area is 101 Å². The maximum atomic E-state index is 10.4. The zero-order valence-corrected chi connectivity index (χ0v) is 9.93. The topological polar surface area (TPSA) is 77.6 Å². The summed E-state index contributed by atoms with van der Waals surface area (Å²) in [6.45, 7) is 1.49. The van der Waals surface area contributed by atoms with Gasteiger partial charge in [0.15, 0.2) is 0 Å². The molecule has 0 saturated carbocycles. The lowest BCUT2D eigenvalue weighted by atomic mass is 9.80. The quantitative estimate of drug-likeness (QED) is 0.798. The van der Waals surface area contributed by atoms with Crippen LogP contribution in [0.15, 0.2) is 18.2 Å². The molecule has 1 saturated heterocycles. The maximum Gasteiger partial charge on any atom is 0.213 e. The molecule has 3 N–H and O–H groups in total. The van der Waals surface area contributed by atoms with Crippen molar-refractivity contribution in [2.75, 3.05) is 26.9 Å². The first-order valence-electron chi connectivity index (χ1n) is 5.69. The van der Waals surface area contributed by atoms with Gasteiger partial charge < -0.3 is 20.3 Å². The van der Waals surface area contributed by atoms with Crippen molar-refractivity contribution in [1.29, 1.82) is 0 Å². The highest BCUT2D eigenvalue weighted by Crippen LogP contribution is 2.39. The van der Waals surface area contributed by atoms with Gasteiger partial charge in [0.2, 0.25) is 5.88 Å². The first-order valence-corrected chi connectivity index (χ1v) is 5.69. The summed E-state index contributed by atoms with van der Waals surface area (Å²) < 4.78 is 10.4. The number of aromatic nitrogens is 1. The van der Waals surface area contributed by atoms with Crippen molar-refractivity contribution in [3.63, 3.8) is 0 Å². The Morgan fingerprint density at radius 2 is 2.47 bits per heavy atom. The van der Waals surface area contributed by atoms with Crippen molar-refractivity contribution in [2.24, 2.45) is 11.1 Å². The molecule has 1 fully saturated rings. The minimum Gasteiger partial charge on any atom is -0.481 e. The number of ether oxygens (including phenoxy) is 2. The predicted octanol–water partition coefficient (Wildman–Crippen LogP) is 0.489. The molecule has 2 unspecified atom stereocenters. The highest BCUT2D eigenvalue weighted by atomic mass is 16.5. The number of hydrogen-bond donors (Lipinski definition) is 2. The summed E-state index contributed by atoms with van der Waals surface area (Å²) >= 11 is 0. The van der Waals surface area contributed by atoms with Gasteiger partial charge >= 0.3 is 0 Å². The van der Waals surface area contributed by atoms with E-state index >= 15 is 0 Å². The first kappa shape index (κ1) is 12.3. The normalized spacial score (nSPS) is 25.8. The summed E-state index contributed by atoms with van der Waals surface area (Å²) in [5.41, 5.74) is 5.94. The lowest BCUT2D eigenvalue weighted by Gasteiger charge is -2.30. The van der Waals surface area contributed by atoms with Crippen molar-refractivity contribution in [2.45, 2.75) is 12.5 Å². The average molecular weight is 238 g/mol. The highest BCUT2D eigenvalue weighted by Gasteiger charge is 2.42. The molecule has 0 aliphatic carbocycles. The van der Waals surface area contributed by atoms with Gasteiger partial charge in [0.1, 0.15) is 6.10 Å². The summed E-state index contributed by atoms with van der Waals surface area (Å²) in [7, 11) is 1.55. The van der Waals surface area contributed by atoms with Crippen LogP contribution in [0.25, 0.3) is 0 Å². The molecule has 2 rings (SSSR count). The Bertz CT molecular complexity index is 378. The lowest BCUT2D eigenvalue weighted by Crippen LogP contribution is -2.37. The van der Waals surface area contributed by atoms with Crippen LogP contribution in [0, 0.1) is 5.41 Å². The summed E-state index contributed by atoms with van der Waals surface area (Å²) in [5.74, 6) is 0.493. The average Bonchev–Trinajstić information content (AvgIpc) is 2.88. The molecule has 1 aromatic heterocycles. The minimum absolute atomic E-state index is 0.382. The van der Waals surface area contributed by atoms with E-state index in [1.54, 1.807) is 19.2 Å². The number of methoxy groups -OCH3 is 1. The Balaban J connectivity index is 2.25. The van der Waals surface area contributed by atoms with Crippen molar-refractivity contribution in [3.8, 4) is 5.88 Å².